The molecule has 0 radical (unpaired) electrons. The van der Waals surface area contributed by atoms with Crippen LogP contribution in [0.3, 0.4) is 0 Å². The van der Waals surface area contributed by atoms with E-state index in [2.05, 4.69) is 82.8 Å². The Kier molecular flexibility index (Phi) is 2.12. The summed E-state index contributed by atoms with van der Waals surface area (Å²) >= 11 is 0. The SMILES string of the molecule is c1ccc2c(c1)ccc1c2[nH]c2ccc3[nH]c4ccccc4c3c21. The van der Waals surface area contributed by atoms with Gasteiger partial charge in [0.2, 0.25) is 0 Å². The lowest BCUT2D eigenvalue weighted by atomic mass is 10.0. The van der Waals surface area contributed by atoms with E-state index in [4.69, 9.17) is 0 Å². The third kappa shape index (κ3) is 1.41. The maximum absolute atomic E-state index is 3.65. The molecule has 0 aliphatic heterocycles. The third-order valence-electron chi connectivity index (χ3n) is 5.13. The van der Waals surface area contributed by atoms with Crippen LogP contribution in [-0.2, 0) is 0 Å². The molecule has 0 spiro atoms. The Morgan fingerprint density at radius 3 is 2.08 bits per heavy atom. The van der Waals surface area contributed by atoms with E-state index < -0.39 is 0 Å². The lowest BCUT2D eigenvalue weighted by molar-refractivity contribution is 1.54. The number of aromatic nitrogens is 2. The largest absolute Gasteiger partial charge is 0.354 e. The van der Waals surface area contributed by atoms with Crippen LogP contribution in [0.25, 0.3) is 54.4 Å². The summed E-state index contributed by atoms with van der Waals surface area (Å²) in [5.41, 5.74) is 4.80. The van der Waals surface area contributed by atoms with E-state index in [1.807, 2.05) is 0 Å². The van der Waals surface area contributed by atoms with Crippen molar-refractivity contribution in [2.24, 2.45) is 0 Å². The van der Waals surface area contributed by atoms with Crippen molar-refractivity contribution < 1.29 is 0 Å². The molecule has 2 heteroatoms. The number of nitrogens with one attached hydrogen (secondary N) is 2. The number of rotatable bonds is 0. The van der Waals surface area contributed by atoms with Crippen molar-refractivity contribution in [2.75, 3.05) is 0 Å². The zero-order valence-corrected chi connectivity index (χ0v) is 12.9. The molecule has 2 nitrogen and oxygen atoms in total. The molecular weight excluding hydrogens is 292 g/mol. The van der Waals surface area contributed by atoms with Gasteiger partial charge in [-0.1, -0.05) is 54.6 Å². The van der Waals surface area contributed by atoms with E-state index in [0.717, 1.165) is 0 Å². The molecule has 4 aromatic carbocycles. The summed E-state index contributed by atoms with van der Waals surface area (Å²) in [4.78, 5) is 7.20. The highest BCUT2D eigenvalue weighted by Gasteiger charge is 2.13. The summed E-state index contributed by atoms with van der Waals surface area (Å²) in [6.07, 6.45) is 0. The van der Waals surface area contributed by atoms with E-state index in [1.165, 1.54) is 54.4 Å². The number of hydrogen-bond acceptors (Lipinski definition) is 0. The van der Waals surface area contributed by atoms with Crippen LogP contribution in [0.5, 0.6) is 0 Å². The molecule has 2 N–H and O–H groups in total. The predicted octanol–water partition coefficient (Wildman–Crippen LogP) is 6.11. The standard InChI is InChI=1S/C22H14N2/c1-2-6-14-13(5-1)9-10-16-21-19(24-22(14)16)12-11-18-20(21)15-7-3-4-8-17(15)23-18/h1-12,23-24H. The molecule has 6 aromatic rings. The number of fused-ring (bicyclic) bond motifs is 9. The quantitative estimate of drug-likeness (QED) is 0.339. The van der Waals surface area contributed by atoms with Crippen LogP contribution in [0, 0.1) is 0 Å². The minimum Gasteiger partial charge on any atom is -0.354 e. The van der Waals surface area contributed by atoms with Crippen molar-refractivity contribution in [1.82, 2.24) is 9.97 Å². The van der Waals surface area contributed by atoms with Crippen molar-refractivity contribution >= 4 is 54.4 Å². The number of benzene rings is 4. The van der Waals surface area contributed by atoms with Gasteiger partial charge in [-0.3, -0.25) is 0 Å². The Morgan fingerprint density at radius 2 is 1.17 bits per heavy atom. The first-order valence-corrected chi connectivity index (χ1v) is 8.23. The normalized spacial score (nSPS) is 12.2. The second kappa shape index (κ2) is 4.18. The van der Waals surface area contributed by atoms with Crippen molar-refractivity contribution in [2.45, 2.75) is 0 Å². The first kappa shape index (κ1) is 12.2. The molecule has 112 valence electrons. The van der Waals surface area contributed by atoms with Crippen molar-refractivity contribution in [3.05, 3.63) is 72.8 Å². The molecule has 24 heavy (non-hydrogen) atoms. The highest BCUT2D eigenvalue weighted by molar-refractivity contribution is 6.29. The molecule has 0 aliphatic rings. The van der Waals surface area contributed by atoms with E-state index in [0.29, 0.717) is 0 Å². The molecule has 0 atom stereocenters. The van der Waals surface area contributed by atoms with Crippen LogP contribution in [0.1, 0.15) is 0 Å². The summed E-state index contributed by atoms with van der Waals surface area (Å²) in [5.74, 6) is 0. The van der Waals surface area contributed by atoms with Gasteiger partial charge in [-0.05, 0) is 23.6 Å². The first-order chi connectivity index (χ1) is 11.9. The fourth-order valence-corrected chi connectivity index (χ4v) is 4.07. The Bertz CT molecular complexity index is 1400. The Morgan fingerprint density at radius 1 is 0.458 bits per heavy atom. The van der Waals surface area contributed by atoms with E-state index >= 15 is 0 Å². The van der Waals surface area contributed by atoms with Gasteiger partial charge in [0.1, 0.15) is 0 Å². The fourth-order valence-electron chi connectivity index (χ4n) is 4.07. The monoisotopic (exact) mass is 306 g/mol. The van der Waals surface area contributed by atoms with Gasteiger partial charge < -0.3 is 9.97 Å². The first-order valence-electron chi connectivity index (χ1n) is 8.23. The number of aromatic amines is 2. The average molecular weight is 306 g/mol. The van der Waals surface area contributed by atoms with Crippen molar-refractivity contribution in [3.63, 3.8) is 0 Å². The summed E-state index contributed by atoms with van der Waals surface area (Å²) in [6, 6.07) is 25.9. The summed E-state index contributed by atoms with van der Waals surface area (Å²) in [7, 11) is 0. The molecule has 0 aliphatic carbocycles. The highest BCUT2D eigenvalue weighted by Crippen LogP contribution is 2.38. The Labute approximate surface area is 137 Å². The maximum atomic E-state index is 3.65. The average Bonchev–Trinajstić information content (AvgIpc) is 3.19. The van der Waals surface area contributed by atoms with Gasteiger partial charge in [0.25, 0.3) is 0 Å². The minimum atomic E-state index is 1.19. The number of para-hydroxylation sites is 1. The summed E-state index contributed by atoms with van der Waals surface area (Å²) in [5, 5.41) is 7.74. The predicted molar refractivity (Wildman–Crippen MR) is 103 cm³/mol. The molecule has 2 heterocycles. The minimum absolute atomic E-state index is 1.19. The van der Waals surface area contributed by atoms with Gasteiger partial charge in [0, 0.05) is 43.5 Å². The van der Waals surface area contributed by atoms with E-state index in [1.54, 1.807) is 0 Å². The van der Waals surface area contributed by atoms with Gasteiger partial charge in [-0.15, -0.1) is 0 Å². The molecule has 0 saturated carbocycles. The second-order valence-corrected chi connectivity index (χ2v) is 6.42. The molecule has 2 aromatic heterocycles. The second-order valence-electron chi connectivity index (χ2n) is 6.42. The van der Waals surface area contributed by atoms with Crippen LogP contribution in [0.15, 0.2) is 72.8 Å². The maximum Gasteiger partial charge on any atom is 0.0544 e. The molecule has 0 unspecified atom stereocenters. The van der Waals surface area contributed by atoms with E-state index in [-0.39, 0.29) is 0 Å². The number of H-pyrrole nitrogens is 2. The van der Waals surface area contributed by atoms with E-state index in [9.17, 15) is 0 Å². The Hall–Kier alpha value is -3.26. The van der Waals surface area contributed by atoms with Crippen LogP contribution in [-0.4, -0.2) is 9.97 Å². The Balaban J connectivity index is 1.95. The molecule has 6 rings (SSSR count). The molecule has 0 bridgehead atoms. The smallest absolute Gasteiger partial charge is 0.0544 e. The topological polar surface area (TPSA) is 31.6 Å². The molecular formula is C22H14N2. The van der Waals surface area contributed by atoms with Gasteiger partial charge in [0.05, 0.1) is 5.52 Å². The van der Waals surface area contributed by atoms with Gasteiger partial charge in [-0.2, -0.15) is 0 Å². The highest BCUT2D eigenvalue weighted by atomic mass is 14.7. The third-order valence-corrected chi connectivity index (χ3v) is 5.13. The van der Waals surface area contributed by atoms with Crippen molar-refractivity contribution in [1.29, 1.82) is 0 Å². The lowest BCUT2D eigenvalue weighted by Crippen LogP contribution is -1.74. The van der Waals surface area contributed by atoms with Crippen LogP contribution in [0.2, 0.25) is 0 Å². The molecule has 0 saturated heterocycles. The molecule has 0 amide bonds. The van der Waals surface area contributed by atoms with Gasteiger partial charge in [0.15, 0.2) is 0 Å². The zero-order chi connectivity index (χ0) is 15.7. The van der Waals surface area contributed by atoms with Gasteiger partial charge >= 0.3 is 0 Å². The number of hydrogen-bond donors (Lipinski definition) is 2. The summed E-state index contributed by atoms with van der Waals surface area (Å²) in [6.45, 7) is 0. The molecule has 0 fully saturated rings. The van der Waals surface area contributed by atoms with Crippen LogP contribution in [0.4, 0.5) is 0 Å². The zero-order valence-electron chi connectivity index (χ0n) is 12.9. The summed E-state index contributed by atoms with van der Waals surface area (Å²) < 4.78 is 0. The lowest BCUT2D eigenvalue weighted by Gasteiger charge is -1.99. The van der Waals surface area contributed by atoms with Crippen LogP contribution < -0.4 is 0 Å². The van der Waals surface area contributed by atoms with Crippen molar-refractivity contribution in [3.8, 4) is 0 Å². The van der Waals surface area contributed by atoms with Crippen LogP contribution >= 0.6 is 0 Å². The fraction of sp³-hybridized carbons (Fsp3) is 0. The van der Waals surface area contributed by atoms with Gasteiger partial charge in [-0.25, -0.2) is 0 Å².